The molecule has 9 nitrogen and oxygen atoms in total. The lowest BCUT2D eigenvalue weighted by molar-refractivity contribution is 0.102. The summed E-state index contributed by atoms with van der Waals surface area (Å²) in [5, 5.41) is 4.28. The zero-order valence-electron chi connectivity index (χ0n) is 14.1. The SMILES string of the molecule is CCn1c(=O)c(N)c(N)n2nc(COCc3ccc(OC)cc3)nc12. The van der Waals surface area contributed by atoms with Crippen LogP contribution < -0.4 is 21.8 Å². The Morgan fingerprint density at radius 3 is 2.52 bits per heavy atom. The Morgan fingerprint density at radius 1 is 1.16 bits per heavy atom. The minimum Gasteiger partial charge on any atom is -0.497 e. The molecule has 0 radical (unpaired) electrons. The number of hydrogen-bond acceptors (Lipinski definition) is 7. The number of rotatable bonds is 6. The van der Waals surface area contributed by atoms with E-state index in [1.54, 1.807) is 7.11 Å². The van der Waals surface area contributed by atoms with E-state index in [-0.39, 0.29) is 23.7 Å². The Hall–Kier alpha value is -3.07. The first-order chi connectivity index (χ1) is 12.0. The van der Waals surface area contributed by atoms with Gasteiger partial charge < -0.3 is 20.9 Å². The molecule has 0 atom stereocenters. The second-order valence-electron chi connectivity index (χ2n) is 5.43. The normalized spacial score (nSPS) is 11.1. The molecular weight excluding hydrogens is 324 g/mol. The van der Waals surface area contributed by atoms with E-state index >= 15 is 0 Å². The van der Waals surface area contributed by atoms with Crippen molar-refractivity contribution in [2.75, 3.05) is 18.6 Å². The van der Waals surface area contributed by atoms with Crippen molar-refractivity contribution in [2.24, 2.45) is 0 Å². The molecule has 0 saturated carbocycles. The Balaban J connectivity index is 1.78. The van der Waals surface area contributed by atoms with Gasteiger partial charge in [0, 0.05) is 6.54 Å². The summed E-state index contributed by atoms with van der Waals surface area (Å²) < 4.78 is 13.5. The second-order valence-corrected chi connectivity index (χ2v) is 5.43. The highest BCUT2D eigenvalue weighted by atomic mass is 16.5. The first-order valence-corrected chi connectivity index (χ1v) is 7.79. The average Bonchev–Trinajstić information content (AvgIpc) is 3.05. The number of ether oxygens (including phenoxy) is 2. The molecular formula is C16H20N6O3. The van der Waals surface area contributed by atoms with Gasteiger partial charge in [-0.1, -0.05) is 12.1 Å². The van der Waals surface area contributed by atoms with Crippen LogP contribution in [0.5, 0.6) is 5.75 Å². The fraction of sp³-hybridized carbons (Fsp3) is 0.312. The molecule has 132 valence electrons. The molecule has 0 fully saturated rings. The van der Waals surface area contributed by atoms with E-state index in [2.05, 4.69) is 10.1 Å². The van der Waals surface area contributed by atoms with Gasteiger partial charge in [-0.25, -0.2) is 0 Å². The molecule has 0 aliphatic rings. The molecule has 25 heavy (non-hydrogen) atoms. The highest BCUT2D eigenvalue weighted by molar-refractivity contribution is 5.60. The number of nitrogens with two attached hydrogens (primary N) is 2. The monoisotopic (exact) mass is 344 g/mol. The zero-order chi connectivity index (χ0) is 18.0. The summed E-state index contributed by atoms with van der Waals surface area (Å²) in [7, 11) is 1.62. The molecule has 0 aliphatic carbocycles. The largest absolute Gasteiger partial charge is 0.497 e. The molecule has 2 aromatic heterocycles. The van der Waals surface area contributed by atoms with Crippen LogP contribution in [-0.2, 0) is 24.5 Å². The summed E-state index contributed by atoms with van der Waals surface area (Å²) in [4.78, 5) is 16.5. The van der Waals surface area contributed by atoms with Crippen molar-refractivity contribution in [3.05, 3.63) is 46.0 Å². The molecule has 2 heterocycles. The van der Waals surface area contributed by atoms with Crippen LogP contribution >= 0.6 is 0 Å². The molecule has 0 unspecified atom stereocenters. The molecule has 9 heteroatoms. The van der Waals surface area contributed by atoms with Crippen molar-refractivity contribution in [3.63, 3.8) is 0 Å². The number of aryl methyl sites for hydroxylation is 1. The van der Waals surface area contributed by atoms with Gasteiger partial charge in [0.05, 0.1) is 13.7 Å². The van der Waals surface area contributed by atoms with Gasteiger partial charge in [-0.15, -0.1) is 5.10 Å². The lowest BCUT2D eigenvalue weighted by Gasteiger charge is -2.07. The fourth-order valence-corrected chi connectivity index (χ4v) is 2.47. The van der Waals surface area contributed by atoms with E-state index in [4.69, 9.17) is 20.9 Å². The van der Waals surface area contributed by atoms with Gasteiger partial charge in [0.25, 0.3) is 5.56 Å². The van der Waals surface area contributed by atoms with Gasteiger partial charge in [0.15, 0.2) is 11.6 Å². The highest BCUT2D eigenvalue weighted by Gasteiger charge is 2.15. The number of nitrogen functional groups attached to an aromatic ring is 2. The Labute approximate surface area is 143 Å². The van der Waals surface area contributed by atoms with Crippen molar-refractivity contribution in [1.82, 2.24) is 19.2 Å². The van der Waals surface area contributed by atoms with Gasteiger partial charge in [-0.2, -0.15) is 9.50 Å². The summed E-state index contributed by atoms with van der Waals surface area (Å²) in [6.45, 7) is 2.83. The molecule has 0 bridgehead atoms. The topological polar surface area (TPSA) is 123 Å². The Kier molecular flexibility index (Phi) is 4.57. The third-order valence-electron chi connectivity index (χ3n) is 3.83. The van der Waals surface area contributed by atoms with Gasteiger partial charge in [0.1, 0.15) is 18.0 Å². The van der Waals surface area contributed by atoms with Crippen molar-refractivity contribution in [1.29, 1.82) is 0 Å². The molecule has 1 aromatic carbocycles. The van der Waals surface area contributed by atoms with E-state index in [0.29, 0.717) is 24.8 Å². The molecule has 3 aromatic rings. The van der Waals surface area contributed by atoms with E-state index in [1.165, 1.54) is 9.08 Å². The predicted molar refractivity (Wildman–Crippen MR) is 93.2 cm³/mol. The van der Waals surface area contributed by atoms with Crippen LogP contribution in [0.25, 0.3) is 5.78 Å². The summed E-state index contributed by atoms with van der Waals surface area (Å²) >= 11 is 0. The third-order valence-corrected chi connectivity index (χ3v) is 3.83. The maximum Gasteiger partial charge on any atom is 0.280 e. The third kappa shape index (κ3) is 3.13. The van der Waals surface area contributed by atoms with Crippen molar-refractivity contribution in [2.45, 2.75) is 26.7 Å². The van der Waals surface area contributed by atoms with Crippen LogP contribution in [0.1, 0.15) is 18.3 Å². The number of aromatic nitrogens is 4. The van der Waals surface area contributed by atoms with Gasteiger partial charge in [-0.05, 0) is 24.6 Å². The first kappa shape index (κ1) is 16.8. The fourth-order valence-electron chi connectivity index (χ4n) is 2.47. The lowest BCUT2D eigenvalue weighted by atomic mass is 10.2. The minimum absolute atomic E-state index is 0.0371. The molecule has 3 rings (SSSR count). The van der Waals surface area contributed by atoms with Crippen LogP contribution in [0.4, 0.5) is 11.5 Å². The lowest BCUT2D eigenvalue weighted by Crippen LogP contribution is -2.27. The van der Waals surface area contributed by atoms with Crippen LogP contribution in [0.2, 0.25) is 0 Å². The number of fused-ring (bicyclic) bond motifs is 1. The van der Waals surface area contributed by atoms with E-state index in [1.807, 2.05) is 31.2 Å². The van der Waals surface area contributed by atoms with Crippen LogP contribution in [0.3, 0.4) is 0 Å². The maximum atomic E-state index is 12.1. The Morgan fingerprint density at radius 2 is 1.88 bits per heavy atom. The van der Waals surface area contributed by atoms with E-state index in [0.717, 1.165) is 11.3 Å². The molecule has 0 saturated heterocycles. The van der Waals surface area contributed by atoms with E-state index in [9.17, 15) is 4.79 Å². The van der Waals surface area contributed by atoms with Crippen LogP contribution in [-0.4, -0.2) is 26.3 Å². The summed E-state index contributed by atoms with van der Waals surface area (Å²) in [6.07, 6.45) is 0. The summed E-state index contributed by atoms with van der Waals surface area (Å²) in [5.74, 6) is 1.64. The van der Waals surface area contributed by atoms with Gasteiger partial charge in [-0.3, -0.25) is 9.36 Å². The molecule has 0 spiro atoms. The number of hydrogen-bond donors (Lipinski definition) is 2. The quantitative estimate of drug-likeness (QED) is 0.678. The van der Waals surface area contributed by atoms with Crippen LogP contribution in [0, 0.1) is 0 Å². The first-order valence-electron chi connectivity index (χ1n) is 7.79. The van der Waals surface area contributed by atoms with Gasteiger partial charge >= 0.3 is 0 Å². The summed E-state index contributed by atoms with van der Waals surface area (Å²) in [6, 6.07) is 7.57. The zero-order valence-corrected chi connectivity index (χ0v) is 14.1. The van der Waals surface area contributed by atoms with E-state index < -0.39 is 0 Å². The molecule has 4 N–H and O–H groups in total. The number of anilines is 2. The predicted octanol–water partition coefficient (Wildman–Crippen LogP) is 0.801. The smallest absolute Gasteiger partial charge is 0.280 e. The maximum absolute atomic E-state index is 12.1. The average molecular weight is 344 g/mol. The van der Waals surface area contributed by atoms with Crippen molar-refractivity contribution >= 4 is 17.3 Å². The van der Waals surface area contributed by atoms with Crippen LogP contribution in [0.15, 0.2) is 29.1 Å². The van der Waals surface area contributed by atoms with Crippen molar-refractivity contribution < 1.29 is 9.47 Å². The van der Waals surface area contributed by atoms with Crippen molar-refractivity contribution in [3.8, 4) is 5.75 Å². The number of nitrogens with zero attached hydrogens (tertiary/aromatic N) is 4. The number of benzene rings is 1. The Bertz CT molecular complexity index is 945. The minimum atomic E-state index is -0.370. The number of methoxy groups -OCH3 is 1. The summed E-state index contributed by atoms with van der Waals surface area (Å²) in [5.41, 5.74) is 12.2. The molecule has 0 aliphatic heterocycles. The highest BCUT2D eigenvalue weighted by Crippen LogP contribution is 2.14. The molecule has 0 amide bonds. The second kappa shape index (κ2) is 6.81. The standard InChI is InChI=1S/C16H20N6O3/c1-3-21-15(23)13(17)14(18)22-16(21)19-12(20-22)9-25-8-10-4-6-11(24-2)7-5-10/h4-7H,3,8-9,17-18H2,1-2H3. The van der Waals surface area contributed by atoms with Gasteiger partial charge in [0.2, 0.25) is 5.78 Å².